The summed E-state index contributed by atoms with van der Waals surface area (Å²) in [5.41, 5.74) is -0.0454. The van der Waals surface area contributed by atoms with E-state index in [-0.39, 0.29) is 12.0 Å². The van der Waals surface area contributed by atoms with E-state index in [4.69, 9.17) is 5.26 Å². The topological polar surface area (TPSA) is 40.9 Å². The van der Waals surface area contributed by atoms with Gasteiger partial charge in [-0.15, -0.1) is 0 Å². The molecule has 0 N–H and O–H groups in total. The van der Waals surface area contributed by atoms with E-state index >= 15 is 0 Å². The zero-order valence-electron chi connectivity index (χ0n) is 6.55. The van der Waals surface area contributed by atoms with Crippen molar-refractivity contribution in [3.05, 3.63) is 34.1 Å². The summed E-state index contributed by atoms with van der Waals surface area (Å²) in [6, 6.07) is 5.74. The minimum atomic E-state index is -0.594. The Kier molecular flexibility index (Phi) is 3.15. The number of carbonyl (C=O) groups excluding carboxylic acids is 1. The fraction of sp³-hybridized carbons (Fsp3) is 0.111. The summed E-state index contributed by atoms with van der Waals surface area (Å²) >= 11 is 3.11. The van der Waals surface area contributed by atoms with Gasteiger partial charge in [-0.25, -0.2) is 4.39 Å². The van der Waals surface area contributed by atoms with E-state index in [0.29, 0.717) is 4.47 Å². The van der Waals surface area contributed by atoms with E-state index in [1.54, 1.807) is 6.07 Å². The maximum Gasteiger partial charge on any atom is 0.179 e. The van der Waals surface area contributed by atoms with E-state index in [1.807, 2.05) is 0 Å². The molecule has 0 fully saturated rings. The number of rotatable bonds is 2. The second kappa shape index (κ2) is 4.15. The molecule has 2 nitrogen and oxygen atoms in total. The molecule has 0 heterocycles. The molecule has 0 spiro atoms. The second-order valence-electron chi connectivity index (χ2n) is 2.38. The SMILES string of the molecule is N#CCC(=O)c1cc(Br)ccc1F. The smallest absolute Gasteiger partial charge is 0.179 e. The van der Waals surface area contributed by atoms with Gasteiger partial charge >= 0.3 is 0 Å². The van der Waals surface area contributed by atoms with E-state index < -0.39 is 11.6 Å². The molecular formula is C9H5BrFNO. The Balaban J connectivity index is 3.07. The highest BCUT2D eigenvalue weighted by atomic mass is 79.9. The number of nitriles is 1. The third-order valence-electron chi connectivity index (χ3n) is 1.47. The summed E-state index contributed by atoms with van der Waals surface area (Å²) in [6.45, 7) is 0. The number of halogens is 2. The maximum absolute atomic E-state index is 13.0. The first-order valence-corrected chi connectivity index (χ1v) is 4.29. The predicted octanol–water partition coefficient (Wildman–Crippen LogP) is 2.68. The van der Waals surface area contributed by atoms with Gasteiger partial charge in [-0.05, 0) is 18.2 Å². The van der Waals surface area contributed by atoms with Crippen LogP contribution >= 0.6 is 15.9 Å². The van der Waals surface area contributed by atoms with Gasteiger partial charge in [0.25, 0.3) is 0 Å². The van der Waals surface area contributed by atoms with Crippen LogP contribution in [-0.4, -0.2) is 5.78 Å². The van der Waals surface area contributed by atoms with Crippen molar-refractivity contribution >= 4 is 21.7 Å². The van der Waals surface area contributed by atoms with Crippen LogP contribution < -0.4 is 0 Å². The summed E-state index contributed by atoms with van der Waals surface area (Å²) in [5.74, 6) is -1.09. The van der Waals surface area contributed by atoms with Crippen molar-refractivity contribution in [1.82, 2.24) is 0 Å². The summed E-state index contributed by atoms with van der Waals surface area (Å²) in [5, 5.41) is 8.25. The summed E-state index contributed by atoms with van der Waals surface area (Å²) in [6.07, 6.45) is -0.298. The van der Waals surface area contributed by atoms with Crippen LogP contribution in [0, 0.1) is 17.1 Å². The molecular weight excluding hydrogens is 237 g/mol. The number of Topliss-reactive ketones (excluding diaryl/α,β-unsaturated/α-hetero) is 1. The van der Waals surface area contributed by atoms with Crippen LogP contribution in [0.5, 0.6) is 0 Å². The molecule has 0 atom stereocenters. The number of benzene rings is 1. The monoisotopic (exact) mass is 241 g/mol. The van der Waals surface area contributed by atoms with Crippen LogP contribution in [0.2, 0.25) is 0 Å². The Morgan fingerprint density at radius 3 is 2.92 bits per heavy atom. The zero-order chi connectivity index (χ0) is 9.84. The van der Waals surface area contributed by atoms with E-state index in [9.17, 15) is 9.18 Å². The lowest BCUT2D eigenvalue weighted by Crippen LogP contribution is -2.00. The van der Waals surface area contributed by atoms with Gasteiger partial charge in [0, 0.05) is 4.47 Å². The minimum absolute atomic E-state index is 0.0454. The first-order valence-electron chi connectivity index (χ1n) is 3.50. The molecule has 1 rings (SSSR count). The van der Waals surface area contributed by atoms with Crippen LogP contribution in [-0.2, 0) is 0 Å². The van der Waals surface area contributed by atoms with Crippen LogP contribution in [0.1, 0.15) is 16.8 Å². The first kappa shape index (κ1) is 9.87. The standard InChI is InChI=1S/C9H5BrFNO/c10-6-1-2-8(11)7(5-6)9(13)3-4-12/h1-2,5H,3H2. The molecule has 66 valence electrons. The van der Waals surface area contributed by atoms with E-state index in [1.165, 1.54) is 18.2 Å². The minimum Gasteiger partial charge on any atom is -0.293 e. The van der Waals surface area contributed by atoms with Crippen molar-refractivity contribution in [3.63, 3.8) is 0 Å². The molecule has 0 aliphatic heterocycles. The predicted molar refractivity (Wildman–Crippen MR) is 48.7 cm³/mol. The van der Waals surface area contributed by atoms with Crippen LogP contribution in [0.15, 0.2) is 22.7 Å². The van der Waals surface area contributed by atoms with Crippen LogP contribution in [0.3, 0.4) is 0 Å². The van der Waals surface area contributed by atoms with Gasteiger partial charge in [-0.3, -0.25) is 4.79 Å². The molecule has 0 saturated heterocycles. The molecule has 1 aromatic rings. The molecule has 0 unspecified atom stereocenters. The van der Waals surface area contributed by atoms with E-state index in [0.717, 1.165) is 0 Å². The van der Waals surface area contributed by atoms with E-state index in [2.05, 4.69) is 15.9 Å². The maximum atomic E-state index is 13.0. The summed E-state index contributed by atoms with van der Waals surface area (Å²) in [7, 11) is 0. The fourth-order valence-electron chi connectivity index (χ4n) is 0.878. The lowest BCUT2D eigenvalue weighted by molar-refractivity contribution is 0.0994. The second-order valence-corrected chi connectivity index (χ2v) is 3.30. The molecule has 0 saturated carbocycles. The van der Waals surface area contributed by atoms with Gasteiger partial charge in [0.2, 0.25) is 0 Å². The van der Waals surface area contributed by atoms with Crippen molar-refractivity contribution in [3.8, 4) is 6.07 Å². The van der Waals surface area contributed by atoms with Crippen molar-refractivity contribution in [2.75, 3.05) is 0 Å². The number of hydrogen-bond donors (Lipinski definition) is 0. The molecule has 0 radical (unpaired) electrons. The fourth-order valence-corrected chi connectivity index (χ4v) is 1.24. The molecule has 0 aliphatic rings. The summed E-state index contributed by atoms with van der Waals surface area (Å²) < 4.78 is 13.6. The average Bonchev–Trinajstić information content (AvgIpc) is 2.09. The van der Waals surface area contributed by atoms with Gasteiger partial charge in [-0.1, -0.05) is 15.9 Å². The average molecular weight is 242 g/mol. The van der Waals surface area contributed by atoms with Crippen molar-refractivity contribution in [2.45, 2.75) is 6.42 Å². The van der Waals surface area contributed by atoms with Crippen molar-refractivity contribution < 1.29 is 9.18 Å². The normalized spacial score (nSPS) is 9.31. The lowest BCUT2D eigenvalue weighted by atomic mass is 10.1. The molecule has 0 aliphatic carbocycles. The van der Waals surface area contributed by atoms with Crippen molar-refractivity contribution in [1.29, 1.82) is 5.26 Å². The lowest BCUT2D eigenvalue weighted by Gasteiger charge is -1.99. The Labute approximate surface area is 83.1 Å². The molecule has 13 heavy (non-hydrogen) atoms. The highest BCUT2D eigenvalue weighted by Gasteiger charge is 2.10. The van der Waals surface area contributed by atoms with Crippen molar-refractivity contribution in [2.24, 2.45) is 0 Å². The van der Waals surface area contributed by atoms with Gasteiger partial charge in [0.05, 0.1) is 18.1 Å². The number of ketones is 1. The number of nitrogens with zero attached hydrogens (tertiary/aromatic N) is 1. The zero-order valence-corrected chi connectivity index (χ0v) is 8.14. The summed E-state index contributed by atoms with van der Waals surface area (Å²) in [4.78, 5) is 11.1. The van der Waals surface area contributed by atoms with Crippen LogP contribution in [0.25, 0.3) is 0 Å². The third kappa shape index (κ3) is 2.36. The van der Waals surface area contributed by atoms with Gasteiger partial charge in [0.1, 0.15) is 5.82 Å². The quantitative estimate of drug-likeness (QED) is 0.748. The molecule has 0 bridgehead atoms. The number of hydrogen-bond acceptors (Lipinski definition) is 2. The molecule has 1 aromatic carbocycles. The largest absolute Gasteiger partial charge is 0.293 e. The Morgan fingerprint density at radius 2 is 2.31 bits per heavy atom. The van der Waals surface area contributed by atoms with Gasteiger partial charge in [0.15, 0.2) is 5.78 Å². The molecule has 4 heteroatoms. The highest BCUT2D eigenvalue weighted by Crippen LogP contribution is 2.16. The Hall–Kier alpha value is -1.21. The molecule has 0 aromatic heterocycles. The molecule has 0 amide bonds. The Morgan fingerprint density at radius 1 is 1.62 bits per heavy atom. The van der Waals surface area contributed by atoms with Gasteiger partial charge in [-0.2, -0.15) is 5.26 Å². The highest BCUT2D eigenvalue weighted by molar-refractivity contribution is 9.10. The number of carbonyl (C=O) groups is 1. The van der Waals surface area contributed by atoms with Crippen LogP contribution in [0.4, 0.5) is 4.39 Å². The third-order valence-corrected chi connectivity index (χ3v) is 1.96. The van der Waals surface area contributed by atoms with Gasteiger partial charge < -0.3 is 0 Å². The Bertz CT molecular complexity index is 384. The first-order chi connectivity index (χ1) is 6.15.